The van der Waals surface area contributed by atoms with Crippen molar-refractivity contribution < 1.29 is 14.0 Å². The van der Waals surface area contributed by atoms with Crippen LogP contribution in [0.5, 0.6) is 0 Å². The minimum atomic E-state index is -0.233. The molecule has 5 nitrogen and oxygen atoms in total. The standard InChI is InChI=1S/C22H30N2O3/c1-14(22-9-15-5-16(10-22)7-17(6-15)11-22)23-21(26)18-8-20(25)24(12-18)13-19-3-2-4-27-19/h2-4,14-18H,5-13H2,1H3,(H,23,26)/t14-,15?,16?,17?,18-,22?/m1/s1. The molecule has 1 saturated heterocycles. The molecule has 5 aliphatic rings. The lowest BCUT2D eigenvalue weighted by Crippen LogP contribution is -2.56. The summed E-state index contributed by atoms with van der Waals surface area (Å²) in [6, 6.07) is 3.91. The SMILES string of the molecule is C[C@@H](NC(=O)[C@@H]1CC(=O)N(Cc2ccco2)C1)C12CC3CC(CC(C3)C1)C2. The Bertz CT molecular complexity index is 691. The predicted octanol–water partition coefficient (Wildman–Crippen LogP) is 3.35. The fraction of sp³-hybridized carbons (Fsp3) is 0.727. The fourth-order valence-electron chi connectivity index (χ4n) is 6.88. The number of amides is 2. The number of hydrogen-bond acceptors (Lipinski definition) is 3. The van der Waals surface area contributed by atoms with Crippen LogP contribution in [-0.4, -0.2) is 29.3 Å². The van der Waals surface area contributed by atoms with E-state index in [4.69, 9.17) is 4.42 Å². The summed E-state index contributed by atoms with van der Waals surface area (Å²) in [5, 5.41) is 3.34. The van der Waals surface area contributed by atoms with Crippen molar-refractivity contribution in [1.82, 2.24) is 10.2 Å². The molecule has 5 fully saturated rings. The zero-order chi connectivity index (χ0) is 18.6. The molecule has 4 aliphatic carbocycles. The van der Waals surface area contributed by atoms with E-state index in [9.17, 15) is 9.59 Å². The Kier molecular flexibility index (Phi) is 4.10. The molecule has 2 amide bonds. The van der Waals surface area contributed by atoms with E-state index in [-0.39, 0.29) is 23.8 Å². The van der Waals surface area contributed by atoms with Crippen LogP contribution in [0.4, 0.5) is 0 Å². The molecule has 2 atom stereocenters. The molecule has 146 valence electrons. The van der Waals surface area contributed by atoms with Crippen LogP contribution in [0.1, 0.15) is 57.6 Å². The number of carbonyl (C=O) groups excluding carboxylic acids is 2. The Morgan fingerprint density at radius 2 is 1.93 bits per heavy atom. The first-order valence-corrected chi connectivity index (χ1v) is 10.6. The molecule has 27 heavy (non-hydrogen) atoms. The normalized spacial score (nSPS) is 38.4. The Balaban J connectivity index is 1.21. The molecule has 4 bridgehead atoms. The number of nitrogens with one attached hydrogen (secondary N) is 1. The van der Waals surface area contributed by atoms with Gasteiger partial charge < -0.3 is 14.6 Å². The predicted molar refractivity (Wildman–Crippen MR) is 100 cm³/mol. The van der Waals surface area contributed by atoms with Gasteiger partial charge in [0.25, 0.3) is 0 Å². The van der Waals surface area contributed by atoms with E-state index in [1.165, 1.54) is 38.5 Å². The third-order valence-electron chi connectivity index (χ3n) is 7.88. The molecule has 4 saturated carbocycles. The van der Waals surface area contributed by atoms with Crippen LogP contribution in [0.15, 0.2) is 22.8 Å². The maximum absolute atomic E-state index is 12.9. The van der Waals surface area contributed by atoms with Crippen LogP contribution in [0.25, 0.3) is 0 Å². The molecule has 2 heterocycles. The molecule has 0 spiro atoms. The zero-order valence-corrected chi connectivity index (χ0v) is 16.2. The number of carbonyl (C=O) groups is 2. The van der Waals surface area contributed by atoms with Gasteiger partial charge in [-0.15, -0.1) is 0 Å². The number of rotatable bonds is 5. The van der Waals surface area contributed by atoms with E-state index in [0.717, 1.165) is 23.5 Å². The summed E-state index contributed by atoms with van der Waals surface area (Å²) in [5.41, 5.74) is 0.306. The summed E-state index contributed by atoms with van der Waals surface area (Å²) < 4.78 is 5.35. The highest BCUT2D eigenvalue weighted by Gasteiger charge is 2.53. The van der Waals surface area contributed by atoms with Gasteiger partial charge in [0.1, 0.15) is 5.76 Å². The Labute approximate surface area is 160 Å². The summed E-state index contributed by atoms with van der Waals surface area (Å²) >= 11 is 0. The summed E-state index contributed by atoms with van der Waals surface area (Å²) in [5.74, 6) is 3.30. The maximum atomic E-state index is 12.9. The molecule has 0 aromatic carbocycles. The van der Waals surface area contributed by atoms with Gasteiger partial charge in [-0.1, -0.05) is 0 Å². The van der Waals surface area contributed by atoms with Gasteiger partial charge in [-0.3, -0.25) is 9.59 Å². The van der Waals surface area contributed by atoms with E-state index in [1.54, 1.807) is 11.2 Å². The number of hydrogen-bond donors (Lipinski definition) is 1. The molecule has 0 unspecified atom stereocenters. The Morgan fingerprint density at radius 3 is 2.52 bits per heavy atom. The van der Waals surface area contributed by atoms with Gasteiger partial charge in [-0.25, -0.2) is 0 Å². The van der Waals surface area contributed by atoms with Crippen molar-refractivity contribution in [2.45, 2.75) is 64.5 Å². The zero-order valence-electron chi connectivity index (χ0n) is 16.2. The van der Waals surface area contributed by atoms with Crippen LogP contribution in [0.3, 0.4) is 0 Å². The first-order valence-electron chi connectivity index (χ1n) is 10.6. The van der Waals surface area contributed by atoms with Gasteiger partial charge in [0.05, 0.1) is 18.7 Å². The summed E-state index contributed by atoms with van der Waals surface area (Å²) in [6.45, 7) is 3.17. The first-order chi connectivity index (χ1) is 13.0. The third kappa shape index (κ3) is 3.09. The minimum absolute atomic E-state index is 0.0500. The molecular formula is C22H30N2O3. The maximum Gasteiger partial charge on any atom is 0.225 e. The van der Waals surface area contributed by atoms with E-state index in [0.29, 0.717) is 24.9 Å². The van der Waals surface area contributed by atoms with Crippen LogP contribution < -0.4 is 5.32 Å². The Morgan fingerprint density at radius 1 is 1.26 bits per heavy atom. The highest BCUT2D eigenvalue weighted by atomic mass is 16.3. The molecule has 6 rings (SSSR count). The molecule has 5 heteroatoms. The third-order valence-corrected chi connectivity index (χ3v) is 7.88. The monoisotopic (exact) mass is 370 g/mol. The second kappa shape index (κ2) is 6.39. The van der Waals surface area contributed by atoms with Crippen molar-refractivity contribution in [3.8, 4) is 0 Å². The van der Waals surface area contributed by atoms with Crippen molar-refractivity contribution in [2.75, 3.05) is 6.54 Å². The second-order valence-electron chi connectivity index (χ2n) is 9.76. The lowest BCUT2D eigenvalue weighted by Gasteiger charge is -2.59. The van der Waals surface area contributed by atoms with E-state index in [2.05, 4.69) is 12.2 Å². The van der Waals surface area contributed by atoms with E-state index >= 15 is 0 Å². The topological polar surface area (TPSA) is 62.6 Å². The molecule has 1 aliphatic heterocycles. The number of furan rings is 1. The van der Waals surface area contributed by atoms with Crippen LogP contribution in [-0.2, 0) is 16.1 Å². The molecule has 0 radical (unpaired) electrons. The van der Waals surface area contributed by atoms with Crippen molar-refractivity contribution in [3.05, 3.63) is 24.2 Å². The fourth-order valence-corrected chi connectivity index (χ4v) is 6.88. The van der Waals surface area contributed by atoms with Crippen molar-refractivity contribution in [2.24, 2.45) is 29.1 Å². The average Bonchev–Trinajstić information content (AvgIpc) is 3.24. The summed E-state index contributed by atoms with van der Waals surface area (Å²) in [7, 11) is 0. The first kappa shape index (κ1) is 17.3. The second-order valence-corrected chi connectivity index (χ2v) is 9.76. The van der Waals surface area contributed by atoms with Gasteiger partial charge in [0, 0.05) is 19.0 Å². The number of nitrogens with zero attached hydrogens (tertiary/aromatic N) is 1. The van der Waals surface area contributed by atoms with Crippen LogP contribution >= 0.6 is 0 Å². The smallest absolute Gasteiger partial charge is 0.225 e. The van der Waals surface area contributed by atoms with Gasteiger partial charge in [0.15, 0.2) is 0 Å². The molecule has 1 aromatic heterocycles. The van der Waals surface area contributed by atoms with Gasteiger partial charge in [-0.2, -0.15) is 0 Å². The van der Waals surface area contributed by atoms with Crippen molar-refractivity contribution >= 4 is 11.8 Å². The average molecular weight is 370 g/mol. The summed E-state index contributed by atoms with van der Waals surface area (Å²) in [6.07, 6.45) is 10.0. The van der Waals surface area contributed by atoms with Crippen LogP contribution in [0, 0.1) is 29.1 Å². The molecule has 1 N–H and O–H groups in total. The van der Waals surface area contributed by atoms with E-state index < -0.39 is 0 Å². The van der Waals surface area contributed by atoms with Crippen molar-refractivity contribution in [1.29, 1.82) is 0 Å². The Hall–Kier alpha value is -1.78. The van der Waals surface area contributed by atoms with E-state index in [1.807, 2.05) is 12.1 Å². The molecule has 1 aromatic rings. The van der Waals surface area contributed by atoms with Crippen LogP contribution in [0.2, 0.25) is 0 Å². The lowest BCUT2D eigenvalue weighted by molar-refractivity contribution is -0.131. The highest BCUT2D eigenvalue weighted by molar-refractivity contribution is 5.89. The minimum Gasteiger partial charge on any atom is -0.467 e. The lowest BCUT2D eigenvalue weighted by atomic mass is 9.48. The van der Waals surface area contributed by atoms with Gasteiger partial charge in [-0.05, 0) is 80.8 Å². The molecular weight excluding hydrogens is 340 g/mol. The van der Waals surface area contributed by atoms with Gasteiger partial charge >= 0.3 is 0 Å². The van der Waals surface area contributed by atoms with Crippen molar-refractivity contribution in [3.63, 3.8) is 0 Å². The summed E-state index contributed by atoms with van der Waals surface area (Å²) in [4.78, 5) is 27.0. The van der Waals surface area contributed by atoms with Gasteiger partial charge in [0.2, 0.25) is 11.8 Å². The number of likely N-dealkylation sites (tertiary alicyclic amines) is 1. The largest absolute Gasteiger partial charge is 0.467 e. The quantitative estimate of drug-likeness (QED) is 0.865. The highest BCUT2D eigenvalue weighted by Crippen LogP contribution is 2.61.